The average Bonchev–Trinajstić information content (AvgIpc) is 2.29. The number of carbonyl (C=O) groups is 2. The number of carbonyl (C=O) groups excluding carboxylic acids is 2. The van der Waals surface area contributed by atoms with E-state index in [9.17, 15) is 9.59 Å². The highest BCUT2D eigenvalue weighted by Crippen LogP contribution is 2.33. The molecule has 110 valence electrons. The van der Waals surface area contributed by atoms with Crippen LogP contribution < -0.4 is 5.32 Å². The molecule has 1 rings (SSSR count). The smallest absolute Gasteiger partial charge is 0.408 e. The second kappa shape index (κ2) is 6.12. The number of ketones is 1. The van der Waals surface area contributed by atoms with Crippen LogP contribution in [0.5, 0.6) is 0 Å². The van der Waals surface area contributed by atoms with Crippen molar-refractivity contribution in [2.24, 2.45) is 5.92 Å². The van der Waals surface area contributed by atoms with E-state index in [0.717, 1.165) is 12.8 Å². The Kier molecular flexibility index (Phi) is 5.25. The first-order valence-corrected chi connectivity index (χ1v) is 7.32. The molecular formula is C14H24ClNO3. The molecule has 0 aromatic carbocycles. The zero-order chi connectivity index (χ0) is 14.7. The largest absolute Gasteiger partial charge is 0.444 e. The van der Waals surface area contributed by atoms with E-state index in [1.807, 2.05) is 0 Å². The van der Waals surface area contributed by atoms with Crippen LogP contribution in [0.4, 0.5) is 4.79 Å². The Balaban J connectivity index is 2.76. The SMILES string of the molecule is CC1CCC(NC(=O)OC(C)(C)C)(C(=O)CCl)CC1. The summed E-state index contributed by atoms with van der Waals surface area (Å²) in [7, 11) is 0. The number of ether oxygens (including phenoxy) is 1. The summed E-state index contributed by atoms with van der Waals surface area (Å²) in [6, 6.07) is 0. The molecule has 1 aliphatic carbocycles. The quantitative estimate of drug-likeness (QED) is 0.811. The third kappa shape index (κ3) is 4.68. The van der Waals surface area contributed by atoms with Gasteiger partial charge in [0.25, 0.3) is 0 Å². The van der Waals surface area contributed by atoms with Gasteiger partial charge in [0, 0.05) is 0 Å². The van der Waals surface area contributed by atoms with Gasteiger partial charge in [0.2, 0.25) is 0 Å². The van der Waals surface area contributed by atoms with Crippen molar-refractivity contribution in [1.82, 2.24) is 5.32 Å². The van der Waals surface area contributed by atoms with E-state index in [2.05, 4.69) is 12.2 Å². The van der Waals surface area contributed by atoms with E-state index in [1.54, 1.807) is 20.8 Å². The van der Waals surface area contributed by atoms with Gasteiger partial charge < -0.3 is 10.1 Å². The highest BCUT2D eigenvalue weighted by atomic mass is 35.5. The fraction of sp³-hybridized carbons (Fsp3) is 0.857. The minimum Gasteiger partial charge on any atom is -0.444 e. The third-order valence-electron chi connectivity index (χ3n) is 3.52. The topological polar surface area (TPSA) is 55.4 Å². The van der Waals surface area contributed by atoms with E-state index >= 15 is 0 Å². The first-order valence-electron chi connectivity index (χ1n) is 6.79. The van der Waals surface area contributed by atoms with Crippen molar-refractivity contribution in [1.29, 1.82) is 0 Å². The lowest BCUT2D eigenvalue weighted by Crippen LogP contribution is -2.57. The van der Waals surface area contributed by atoms with E-state index in [4.69, 9.17) is 16.3 Å². The first kappa shape index (κ1) is 16.3. The van der Waals surface area contributed by atoms with Gasteiger partial charge in [-0.05, 0) is 52.4 Å². The van der Waals surface area contributed by atoms with E-state index in [0.29, 0.717) is 18.8 Å². The van der Waals surface area contributed by atoms with E-state index in [-0.39, 0.29) is 11.7 Å². The number of Topliss-reactive ketones (excluding diaryl/α,β-unsaturated/α-hetero) is 1. The van der Waals surface area contributed by atoms with Gasteiger partial charge in [0.05, 0.1) is 5.88 Å². The second-order valence-corrected chi connectivity index (χ2v) is 6.72. The lowest BCUT2D eigenvalue weighted by molar-refractivity contribution is -0.124. The number of amides is 1. The van der Waals surface area contributed by atoms with Gasteiger partial charge >= 0.3 is 6.09 Å². The molecule has 0 bridgehead atoms. The molecule has 0 aliphatic heterocycles. The number of alkyl halides is 1. The Morgan fingerprint density at radius 2 is 1.84 bits per heavy atom. The number of hydrogen-bond donors (Lipinski definition) is 1. The van der Waals surface area contributed by atoms with Gasteiger partial charge in [0.1, 0.15) is 11.1 Å². The molecule has 1 aliphatic rings. The van der Waals surface area contributed by atoms with Crippen molar-refractivity contribution in [3.8, 4) is 0 Å². The third-order valence-corrected chi connectivity index (χ3v) is 3.77. The van der Waals surface area contributed by atoms with E-state index < -0.39 is 17.2 Å². The fourth-order valence-corrected chi connectivity index (χ4v) is 2.61. The molecule has 0 radical (unpaired) electrons. The predicted octanol–water partition coefficient (Wildman–Crippen LogP) is 3.27. The lowest BCUT2D eigenvalue weighted by atomic mass is 9.75. The summed E-state index contributed by atoms with van der Waals surface area (Å²) < 4.78 is 5.24. The zero-order valence-corrected chi connectivity index (χ0v) is 13.0. The molecule has 1 amide bonds. The molecule has 5 heteroatoms. The van der Waals surface area contributed by atoms with Crippen LogP contribution in [0.25, 0.3) is 0 Å². The van der Waals surface area contributed by atoms with Crippen molar-refractivity contribution in [3.05, 3.63) is 0 Å². The molecule has 0 spiro atoms. The van der Waals surface area contributed by atoms with Crippen LogP contribution in [0, 0.1) is 5.92 Å². The van der Waals surface area contributed by atoms with Gasteiger partial charge in [-0.1, -0.05) is 6.92 Å². The average molecular weight is 290 g/mol. The molecule has 0 unspecified atom stereocenters. The molecule has 4 nitrogen and oxygen atoms in total. The van der Waals surface area contributed by atoms with E-state index in [1.165, 1.54) is 0 Å². The summed E-state index contributed by atoms with van der Waals surface area (Å²) in [4.78, 5) is 24.0. The molecule has 0 heterocycles. The molecule has 19 heavy (non-hydrogen) atoms. The summed E-state index contributed by atoms with van der Waals surface area (Å²) in [5, 5.41) is 2.77. The number of halogens is 1. The maximum atomic E-state index is 12.1. The summed E-state index contributed by atoms with van der Waals surface area (Å²) in [5.41, 5.74) is -1.41. The first-order chi connectivity index (χ1) is 8.68. The Bertz CT molecular complexity index is 341. The summed E-state index contributed by atoms with van der Waals surface area (Å²) in [6.45, 7) is 7.55. The molecule has 1 saturated carbocycles. The number of hydrogen-bond acceptors (Lipinski definition) is 3. The molecular weight excluding hydrogens is 266 g/mol. The number of nitrogens with one attached hydrogen (secondary N) is 1. The second-order valence-electron chi connectivity index (χ2n) is 6.45. The highest BCUT2D eigenvalue weighted by Gasteiger charge is 2.42. The normalized spacial score (nSPS) is 27.7. The fourth-order valence-electron chi connectivity index (χ4n) is 2.36. The van der Waals surface area contributed by atoms with Gasteiger partial charge in [-0.15, -0.1) is 11.6 Å². The highest BCUT2D eigenvalue weighted by molar-refractivity contribution is 6.29. The molecule has 0 saturated heterocycles. The van der Waals surface area contributed by atoms with Crippen molar-refractivity contribution in [2.75, 3.05) is 5.88 Å². The molecule has 0 atom stereocenters. The summed E-state index contributed by atoms with van der Waals surface area (Å²) >= 11 is 5.69. The Hall–Kier alpha value is -0.770. The van der Waals surface area contributed by atoms with Crippen molar-refractivity contribution >= 4 is 23.5 Å². The maximum Gasteiger partial charge on any atom is 0.408 e. The Morgan fingerprint density at radius 3 is 2.26 bits per heavy atom. The van der Waals surface area contributed by atoms with Crippen LogP contribution in [-0.2, 0) is 9.53 Å². The molecule has 1 fully saturated rings. The predicted molar refractivity (Wildman–Crippen MR) is 75.5 cm³/mol. The van der Waals surface area contributed by atoms with Crippen LogP contribution in [0.1, 0.15) is 53.4 Å². The minimum absolute atomic E-state index is 0.0792. The van der Waals surface area contributed by atoms with Crippen LogP contribution in [0.2, 0.25) is 0 Å². The van der Waals surface area contributed by atoms with Gasteiger partial charge in [0.15, 0.2) is 5.78 Å². The van der Waals surface area contributed by atoms with Crippen LogP contribution in [0.3, 0.4) is 0 Å². The Morgan fingerprint density at radius 1 is 1.32 bits per heavy atom. The minimum atomic E-state index is -0.837. The van der Waals surface area contributed by atoms with Crippen molar-refractivity contribution in [3.63, 3.8) is 0 Å². The van der Waals surface area contributed by atoms with Crippen LogP contribution in [0.15, 0.2) is 0 Å². The van der Waals surface area contributed by atoms with Crippen molar-refractivity contribution < 1.29 is 14.3 Å². The lowest BCUT2D eigenvalue weighted by Gasteiger charge is -2.38. The standard InChI is InChI=1S/C14H24ClNO3/c1-10-5-7-14(8-6-10,11(17)9-15)16-12(18)19-13(2,3)4/h10H,5-9H2,1-4H3,(H,16,18). The summed E-state index contributed by atoms with van der Waals surface area (Å²) in [6.07, 6.45) is 2.56. The van der Waals surface area contributed by atoms with Gasteiger partial charge in [-0.25, -0.2) is 4.79 Å². The maximum absolute atomic E-state index is 12.1. The Labute approximate surface area is 120 Å². The number of alkyl carbamates (subject to hydrolysis) is 1. The zero-order valence-electron chi connectivity index (χ0n) is 12.2. The summed E-state index contributed by atoms with van der Waals surface area (Å²) in [5.74, 6) is 0.382. The van der Waals surface area contributed by atoms with Gasteiger partial charge in [-0.3, -0.25) is 4.79 Å². The van der Waals surface area contributed by atoms with Crippen LogP contribution >= 0.6 is 11.6 Å². The van der Waals surface area contributed by atoms with Crippen LogP contribution in [-0.4, -0.2) is 28.9 Å². The number of rotatable bonds is 3. The molecule has 1 N–H and O–H groups in total. The molecule has 0 aromatic heterocycles. The molecule has 0 aromatic rings. The monoisotopic (exact) mass is 289 g/mol. The van der Waals surface area contributed by atoms with Crippen molar-refractivity contribution in [2.45, 2.75) is 64.5 Å². The van der Waals surface area contributed by atoms with Gasteiger partial charge in [-0.2, -0.15) is 0 Å².